The Morgan fingerprint density at radius 3 is 2.85 bits per heavy atom. The van der Waals surface area contributed by atoms with Crippen LogP contribution in [0.3, 0.4) is 0 Å². The zero-order chi connectivity index (χ0) is 14.4. The van der Waals surface area contributed by atoms with Crippen LogP contribution in [0.4, 0.5) is 0 Å². The lowest BCUT2D eigenvalue weighted by Crippen LogP contribution is -2.15. The molecule has 1 heterocycles. The molecular formula is C15H20N2O2S. The van der Waals surface area contributed by atoms with Crippen LogP contribution in [0.5, 0.6) is 11.5 Å². The van der Waals surface area contributed by atoms with E-state index in [0.29, 0.717) is 13.2 Å². The number of thiazole rings is 1. The number of methoxy groups -OCH3 is 1. The van der Waals surface area contributed by atoms with Gasteiger partial charge in [0.25, 0.3) is 0 Å². The van der Waals surface area contributed by atoms with Crippen LogP contribution < -0.4 is 15.2 Å². The van der Waals surface area contributed by atoms with Gasteiger partial charge in [0.2, 0.25) is 0 Å². The first-order valence-corrected chi connectivity index (χ1v) is 7.56. The third kappa shape index (κ3) is 3.29. The van der Waals surface area contributed by atoms with Crippen LogP contribution in [0.25, 0.3) is 0 Å². The molecule has 5 heteroatoms. The highest BCUT2D eigenvalue weighted by molar-refractivity contribution is 7.09. The number of hydrogen-bond acceptors (Lipinski definition) is 5. The van der Waals surface area contributed by atoms with Crippen molar-refractivity contribution >= 4 is 11.3 Å². The number of benzene rings is 1. The summed E-state index contributed by atoms with van der Waals surface area (Å²) in [6.45, 7) is 3.15. The molecule has 0 aliphatic carbocycles. The Labute approximate surface area is 123 Å². The van der Waals surface area contributed by atoms with Crippen molar-refractivity contribution < 1.29 is 9.47 Å². The third-order valence-corrected chi connectivity index (χ3v) is 4.05. The molecule has 2 rings (SSSR count). The molecule has 0 saturated carbocycles. The molecule has 1 atom stereocenters. The van der Waals surface area contributed by atoms with Crippen LogP contribution >= 0.6 is 11.3 Å². The van der Waals surface area contributed by atoms with E-state index >= 15 is 0 Å². The summed E-state index contributed by atoms with van der Waals surface area (Å²) >= 11 is 1.64. The maximum absolute atomic E-state index is 5.89. The molecule has 0 spiro atoms. The zero-order valence-corrected chi connectivity index (χ0v) is 12.7. The summed E-state index contributed by atoms with van der Waals surface area (Å²) in [4.78, 5) is 4.36. The van der Waals surface area contributed by atoms with E-state index in [2.05, 4.69) is 11.1 Å². The molecule has 108 valence electrons. The maximum atomic E-state index is 5.89. The van der Waals surface area contributed by atoms with Crippen LogP contribution in [-0.4, -0.2) is 25.2 Å². The summed E-state index contributed by atoms with van der Waals surface area (Å²) in [6.07, 6.45) is 2.62. The van der Waals surface area contributed by atoms with Crippen molar-refractivity contribution in [2.45, 2.75) is 19.3 Å². The Morgan fingerprint density at radius 1 is 1.40 bits per heavy atom. The highest BCUT2D eigenvalue weighted by atomic mass is 32.1. The van der Waals surface area contributed by atoms with Crippen LogP contribution in [0, 0.1) is 0 Å². The van der Waals surface area contributed by atoms with Crippen molar-refractivity contribution in [2.24, 2.45) is 5.73 Å². The number of rotatable bonds is 7. The summed E-state index contributed by atoms with van der Waals surface area (Å²) in [5, 5.41) is 3.04. The Hall–Kier alpha value is -1.59. The molecule has 2 aromatic rings. The summed E-state index contributed by atoms with van der Waals surface area (Å²) in [5.41, 5.74) is 7.00. The van der Waals surface area contributed by atoms with Crippen molar-refractivity contribution in [1.29, 1.82) is 0 Å². The molecule has 0 fully saturated rings. The zero-order valence-electron chi connectivity index (χ0n) is 11.8. The van der Waals surface area contributed by atoms with Gasteiger partial charge in [0.1, 0.15) is 0 Å². The normalized spacial score (nSPS) is 12.2. The van der Waals surface area contributed by atoms with Gasteiger partial charge in [0.05, 0.1) is 18.7 Å². The van der Waals surface area contributed by atoms with Crippen LogP contribution in [0.1, 0.15) is 23.4 Å². The van der Waals surface area contributed by atoms with E-state index < -0.39 is 0 Å². The van der Waals surface area contributed by atoms with Gasteiger partial charge in [0.15, 0.2) is 11.5 Å². The average molecular weight is 292 g/mol. The summed E-state index contributed by atoms with van der Waals surface area (Å²) < 4.78 is 11.1. The van der Waals surface area contributed by atoms with Crippen LogP contribution in [0.15, 0.2) is 29.8 Å². The average Bonchev–Trinajstić information content (AvgIpc) is 2.99. The van der Waals surface area contributed by atoms with E-state index in [9.17, 15) is 0 Å². The molecule has 0 aliphatic heterocycles. The predicted molar refractivity (Wildman–Crippen MR) is 81.8 cm³/mol. The Bertz CT molecular complexity index is 529. The van der Waals surface area contributed by atoms with Crippen molar-refractivity contribution in [3.05, 3.63) is 40.3 Å². The van der Waals surface area contributed by atoms with E-state index in [-0.39, 0.29) is 5.92 Å². The fourth-order valence-electron chi connectivity index (χ4n) is 2.20. The molecule has 2 N–H and O–H groups in total. The van der Waals surface area contributed by atoms with Gasteiger partial charge >= 0.3 is 0 Å². The van der Waals surface area contributed by atoms with Gasteiger partial charge in [-0.05, 0) is 25.0 Å². The minimum absolute atomic E-state index is 0.209. The summed E-state index contributed by atoms with van der Waals surface area (Å²) in [5.74, 6) is 1.78. The van der Waals surface area contributed by atoms with E-state index in [4.69, 9.17) is 15.2 Å². The second-order valence-corrected chi connectivity index (χ2v) is 5.31. The fourth-order valence-corrected chi connectivity index (χ4v) is 2.95. The molecule has 1 aromatic carbocycles. The first-order chi connectivity index (χ1) is 9.80. The first kappa shape index (κ1) is 14.8. The second-order valence-electron chi connectivity index (χ2n) is 4.39. The summed E-state index contributed by atoms with van der Waals surface area (Å²) in [6, 6.07) is 5.96. The second kappa shape index (κ2) is 7.26. The molecule has 0 saturated heterocycles. The molecule has 4 nitrogen and oxygen atoms in total. The van der Waals surface area contributed by atoms with Crippen molar-refractivity contribution in [1.82, 2.24) is 4.98 Å². The molecular weight excluding hydrogens is 272 g/mol. The number of nitrogens with two attached hydrogens (primary N) is 1. The standard InChI is InChI=1S/C15H20N2O2S/c1-3-19-13-6-4-5-11(14(13)18-2)9-12(10-16)15-17-7-8-20-15/h4-8,12H,3,9-10,16H2,1-2H3. The monoisotopic (exact) mass is 292 g/mol. The molecule has 20 heavy (non-hydrogen) atoms. The maximum Gasteiger partial charge on any atom is 0.163 e. The third-order valence-electron chi connectivity index (χ3n) is 3.12. The van der Waals surface area contributed by atoms with E-state index in [1.54, 1.807) is 18.4 Å². The molecule has 0 radical (unpaired) electrons. The van der Waals surface area contributed by atoms with E-state index in [1.807, 2.05) is 30.6 Å². The lowest BCUT2D eigenvalue weighted by atomic mass is 9.99. The highest BCUT2D eigenvalue weighted by Gasteiger charge is 2.17. The summed E-state index contributed by atoms with van der Waals surface area (Å²) in [7, 11) is 1.67. The minimum atomic E-state index is 0.209. The molecule has 1 unspecified atom stereocenters. The largest absolute Gasteiger partial charge is 0.493 e. The van der Waals surface area contributed by atoms with Gasteiger partial charge < -0.3 is 15.2 Å². The number of aromatic nitrogens is 1. The van der Waals surface area contributed by atoms with E-state index in [0.717, 1.165) is 28.5 Å². The minimum Gasteiger partial charge on any atom is -0.493 e. The van der Waals surface area contributed by atoms with Crippen molar-refractivity contribution in [3.8, 4) is 11.5 Å². The molecule has 0 aliphatic rings. The van der Waals surface area contributed by atoms with Crippen LogP contribution in [-0.2, 0) is 6.42 Å². The topological polar surface area (TPSA) is 57.4 Å². The number of nitrogens with zero attached hydrogens (tertiary/aromatic N) is 1. The number of hydrogen-bond donors (Lipinski definition) is 1. The van der Waals surface area contributed by atoms with Gasteiger partial charge in [-0.2, -0.15) is 0 Å². The lowest BCUT2D eigenvalue weighted by molar-refractivity contribution is 0.309. The fraction of sp³-hybridized carbons (Fsp3) is 0.400. The van der Waals surface area contributed by atoms with Gasteiger partial charge in [-0.25, -0.2) is 4.98 Å². The van der Waals surface area contributed by atoms with Gasteiger partial charge in [-0.3, -0.25) is 0 Å². The first-order valence-electron chi connectivity index (χ1n) is 6.68. The quantitative estimate of drug-likeness (QED) is 0.852. The Morgan fingerprint density at radius 2 is 2.25 bits per heavy atom. The SMILES string of the molecule is CCOc1cccc(CC(CN)c2nccs2)c1OC. The lowest BCUT2D eigenvalue weighted by Gasteiger charge is -2.17. The van der Waals surface area contributed by atoms with Crippen molar-refractivity contribution in [3.63, 3.8) is 0 Å². The number of para-hydroxylation sites is 1. The van der Waals surface area contributed by atoms with Gasteiger partial charge in [-0.1, -0.05) is 12.1 Å². The number of ether oxygens (including phenoxy) is 2. The smallest absolute Gasteiger partial charge is 0.163 e. The van der Waals surface area contributed by atoms with Gasteiger partial charge in [0, 0.05) is 24.0 Å². The van der Waals surface area contributed by atoms with Crippen molar-refractivity contribution in [2.75, 3.05) is 20.3 Å². The molecule has 0 amide bonds. The van der Waals surface area contributed by atoms with Crippen LogP contribution in [0.2, 0.25) is 0 Å². The Kier molecular flexibility index (Phi) is 5.38. The predicted octanol–water partition coefficient (Wildman–Crippen LogP) is 2.84. The van der Waals surface area contributed by atoms with E-state index in [1.165, 1.54) is 0 Å². The van der Waals surface area contributed by atoms with Gasteiger partial charge in [-0.15, -0.1) is 11.3 Å². The molecule has 0 bridgehead atoms. The molecule has 1 aromatic heterocycles. The highest BCUT2D eigenvalue weighted by Crippen LogP contribution is 2.34. The Balaban J connectivity index is 2.25.